The fourth-order valence-corrected chi connectivity index (χ4v) is 16.6. The highest BCUT2D eigenvalue weighted by atomic mass is 16.5. The number of esters is 8. The largest absolute Gasteiger partial charge is 0.469 e. The van der Waals surface area contributed by atoms with E-state index in [1.807, 2.05) is 92.4 Å². The van der Waals surface area contributed by atoms with Crippen LogP contribution in [0.4, 0.5) is 0 Å². The van der Waals surface area contributed by atoms with Crippen LogP contribution in [0, 0.1) is 0 Å². The molecule has 0 unspecified atom stereocenters. The lowest BCUT2D eigenvalue weighted by atomic mass is 9.40. The molecule has 0 aromatic heterocycles. The summed E-state index contributed by atoms with van der Waals surface area (Å²) in [6.07, 6.45) is 0.0254. The van der Waals surface area contributed by atoms with Crippen molar-refractivity contribution in [3.8, 4) is 0 Å². The molecule has 6 aliphatic carbocycles. The van der Waals surface area contributed by atoms with Gasteiger partial charge in [0.1, 0.15) is 0 Å². The lowest BCUT2D eigenvalue weighted by Crippen LogP contribution is -2.66. The molecule has 8 N–H and O–H groups in total. The van der Waals surface area contributed by atoms with Crippen molar-refractivity contribution < 1.29 is 115 Å². The summed E-state index contributed by atoms with van der Waals surface area (Å²) in [6.45, 7) is 3.27. The van der Waals surface area contributed by atoms with Gasteiger partial charge in [0.2, 0.25) is 23.6 Å². The van der Waals surface area contributed by atoms with Gasteiger partial charge >= 0.3 is 71.4 Å². The number of nitrogens with one attached hydrogen (secondary N) is 8. The van der Waals surface area contributed by atoms with Gasteiger partial charge in [0.05, 0.1) is 119 Å². The highest BCUT2D eigenvalue weighted by Gasteiger charge is 2.65. The molecular weight excluding hydrogens is 1660 g/mol. The molecule has 38 heteroatoms. The van der Waals surface area contributed by atoms with Crippen LogP contribution < -0.4 is 42.5 Å². The predicted molar refractivity (Wildman–Crippen MR) is 465 cm³/mol. The van der Waals surface area contributed by atoms with Crippen molar-refractivity contribution in [2.75, 3.05) is 227 Å². The summed E-state index contributed by atoms with van der Waals surface area (Å²) in [6, 6.07) is 31.7. The van der Waals surface area contributed by atoms with Crippen molar-refractivity contribution in [3.05, 3.63) is 142 Å². The Bertz CT molecular complexity index is 3850. The number of hydrogen-bond acceptors (Lipinski definition) is 30. The highest BCUT2D eigenvalue weighted by Crippen LogP contribution is 2.68. The van der Waals surface area contributed by atoms with Crippen molar-refractivity contribution in [1.82, 2.24) is 71.9 Å². The molecule has 4 aromatic rings. The second-order valence-corrected chi connectivity index (χ2v) is 31.1. The molecule has 0 radical (unpaired) electrons. The van der Waals surface area contributed by atoms with Gasteiger partial charge in [-0.25, -0.2) is 0 Å². The smallest absolute Gasteiger partial charge is 0.309 e. The molecular formula is C90H126N14O24. The minimum Gasteiger partial charge on any atom is -0.469 e. The summed E-state index contributed by atoms with van der Waals surface area (Å²) in [7, 11) is 10.1. The second-order valence-electron chi connectivity index (χ2n) is 31.1. The molecule has 0 atom stereocenters. The zero-order valence-electron chi connectivity index (χ0n) is 74.7. The first-order chi connectivity index (χ1) is 61.7. The van der Waals surface area contributed by atoms with Gasteiger partial charge in [-0.15, -0.1) is 0 Å². The molecule has 38 nitrogen and oxygen atoms in total. The quantitative estimate of drug-likeness (QED) is 0.0159. The second kappa shape index (κ2) is 54.4. The van der Waals surface area contributed by atoms with Gasteiger partial charge in [-0.3, -0.25) is 76.7 Å². The lowest BCUT2D eigenvalue weighted by molar-refractivity contribution is -0.142. The molecule has 0 saturated carbocycles. The highest BCUT2D eigenvalue weighted by molar-refractivity contribution is 6.35. The van der Waals surface area contributed by atoms with E-state index in [0.29, 0.717) is 0 Å². The summed E-state index contributed by atoms with van der Waals surface area (Å²) < 4.78 is 38.5. The van der Waals surface area contributed by atoms with Crippen LogP contribution in [0.5, 0.6) is 0 Å². The first-order valence-electron chi connectivity index (χ1n) is 43.2. The Kier molecular flexibility index (Phi) is 43.8. The van der Waals surface area contributed by atoms with E-state index in [1.54, 1.807) is 9.80 Å². The molecule has 0 saturated heterocycles. The van der Waals surface area contributed by atoms with Crippen LogP contribution in [0.25, 0.3) is 0 Å². The van der Waals surface area contributed by atoms with Crippen LogP contribution in [-0.4, -0.2) is 351 Å². The summed E-state index contributed by atoms with van der Waals surface area (Å²) in [4.78, 5) is 221. The fourth-order valence-electron chi connectivity index (χ4n) is 16.6. The van der Waals surface area contributed by atoms with Crippen molar-refractivity contribution >= 4 is 95.0 Å². The molecule has 0 heterocycles. The van der Waals surface area contributed by atoms with Gasteiger partial charge in [0.15, 0.2) is 0 Å². The van der Waals surface area contributed by atoms with Crippen LogP contribution >= 0.6 is 0 Å². The van der Waals surface area contributed by atoms with E-state index >= 15 is 9.59 Å². The third-order valence-corrected chi connectivity index (χ3v) is 23.5. The molecule has 0 aliphatic heterocycles. The topological polar surface area (TPSA) is 463 Å². The van der Waals surface area contributed by atoms with E-state index in [1.165, 1.54) is 56.9 Å². The van der Waals surface area contributed by atoms with E-state index in [4.69, 9.17) is 37.9 Å². The number of benzene rings is 4. The first kappa shape index (κ1) is 103. The molecule has 10 rings (SSSR count). The SMILES string of the molecule is COC(=O)CCN(CCNC(=O)CCN(CCNC(=O)C(=O)NCC12c3ccccc3C(c3ccccc31)C1c3ccccc3C2(CNC(=O)C(=O)NCCN(CCC(=O)NCCN(CCC(=O)OC)CCC(=O)OC)CCC(=O)NCCN(CCC(=O)OC)CCC(=O)OC)c2ccccc21)CCC(=O)NCCN(CCC(=O)OC)CCC(=O)OC)CCC(=O)OC. The van der Waals surface area contributed by atoms with Gasteiger partial charge in [-0.05, 0) is 44.5 Å². The summed E-state index contributed by atoms with van der Waals surface area (Å²) in [5, 5.41) is 23.2. The maximum atomic E-state index is 15.0. The van der Waals surface area contributed by atoms with Gasteiger partial charge in [0, 0.05) is 208 Å². The van der Waals surface area contributed by atoms with E-state index in [0.717, 1.165) is 44.5 Å². The summed E-state index contributed by atoms with van der Waals surface area (Å²) in [5.74, 6) is -9.70. The minimum atomic E-state index is -1.40. The Hall–Kier alpha value is -11.8. The molecule has 0 fully saturated rings. The maximum absolute atomic E-state index is 15.0. The average Bonchev–Trinajstić information content (AvgIpc) is 0.651. The molecule has 0 spiro atoms. The standard InChI is InChI=1S/C90H126N14O24/c1-121-75(109)29-47-101(48-30-76(110)122-2)55-37-91-71(105)25-43-99(44-26-72(106)92-38-56-102(49-31-77(111)123-3)50-32-78(112)124-4)59-41-95-85(117)87(119)97-61-89-67-21-13-9-17-63(67)83(64-18-10-14-22-68(64)89)84-65-19-11-15-23-69(65)90(89,70-24-16-12-20-66(70)84)62-98-88(120)86(118)96-42-60-100(45-27-73(107)93-39-57-103(51-33-79(113)125-5)52-34-80(114)126-6)46-28-74(108)94-40-58-104(53-35-81(115)127-7)54-36-82(116)128-8/h9-24,83-84H,25-62H2,1-8H3,(H,91,105)(H,92,106)(H,93,107)(H,94,108)(H,95,117)(H,96,118)(H,97,119)(H,98,120). The molecule has 4 bridgehead atoms. The molecule has 4 aromatic carbocycles. The van der Waals surface area contributed by atoms with E-state index in [2.05, 4.69) is 66.8 Å². The third-order valence-electron chi connectivity index (χ3n) is 23.5. The van der Waals surface area contributed by atoms with Gasteiger partial charge in [-0.1, -0.05) is 97.1 Å². The number of nitrogens with zero attached hydrogens (tertiary/aromatic N) is 6. The van der Waals surface area contributed by atoms with Crippen LogP contribution in [0.15, 0.2) is 97.1 Å². The number of hydrogen-bond donors (Lipinski definition) is 8. The summed E-state index contributed by atoms with van der Waals surface area (Å²) in [5.41, 5.74) is 4.15. The average molecular weight is 1790 g/mol. The van der Waals surface area contributed by atoms with E-state index in [9.17, 15) is 67.1 Å². The first-order valence-corrected chi connectivity index (χ1v) is 43.2. The predicted octanol–water partition coefficient (Wildman–Crippen LogP) is -0.330. The van der Waals surface area contributed by atoms with Crippen molar-refractivity contribution in [3.63, 3.8) is 0 Å². The van der Waals surface area contributed by atoms with Gasteiger partial charge < -0.3 is 110 Å². The number of rotatable bonds is 58. The summed E-state index contributed by atoms with van der Waals surface area (Å²) >= 11 is 0. The Morgan fingerprint density at radius 3 is 0.578 bits per heavy atom. The molecule has 700 valence electrons. The Morgan fingerprint density at radius 1 is 0.227 bits per heavy atom. The van der Waals surface area contributed by atoms with Crippen molar-refractivity contribution in [2.45, 2.75) is 99.7 Å². The third kappa shape index (κ3) is 31.0. The van der Waals surface area contributed by atoms with Crippen LogP contribution in [-0.2, 0) is 125 Å². The zero-order chi connectivity index (χ0) is 93.0. The molecule has 128 heavy (non-hydrogen) atoms. The van der Waals surface area contributed by atoms with E-state index < -0.39 is 82.2 Å². The minimum absolute atomic E-state index is 0.0393. The Labute approximate surface area is 746 Å². The number of methoxy groups -OCH3 is 8. The van der Waals surface area contributed by atoms with Crippen LogP contribution in [0.1, 0.15) is 133 Å². The maximum Gasteiger partial charge on any atom is 0.309 e. The number of carbonyl (C=O) groups excluding carboxylic acids is 16. The fraction of sp³-hybridized carbons (Fsp3) is 0.556. The molecule has 6 aliphatic rings. The Balaban J connectivity index is 1.11. The van der Waals surface area contributed by atoms with Crippen molar-refractivity contribution in [2.24, 2.45) is 0 Å². The monoisotopic (exact) mass is 1790 g/mol. The Morgan fingerprint density at radius 2 is 0.391 bits per heavy atom. The lowest BCUT2D eigenvalue weighted by Gasteiger charge is -2.62. The van der Waals surface area contributed by atoms with Crippen LogP contribution in [0.3, 0.4) is 0 Å². The number of ether oxygens (including phenoxy) is 8. The van der Waals surface area contributed by atoms with Crippen LogP contribution in [0.2, 0.25) is 0 Å². The van der Waals surface area contributed by atoms with Gasteiger partial charge in [-0.2, -0.15) is 0 Å². The zero-order valence-corrected chi connectivity index (χ0v) is 74.7. The van der Waals surface area contributed by atoms with Crippen molar-refractivity contribution in [1.29, 1.82) is 0 Å². The van der Waals surface area contributed by atoms with Gasteiger partial charge in [0.25, 0.3) is 0 Å². The number of carbonyl (C=O) groups is 16. The molecule has 8 amide bonds. The van der Waals surface area contributed by atoms with E-state index in [-0.39, 0.29) is 283 Å². The number of amides is 8. The normalized spacial score (nSPS) is 15.3.